The number of amides is 2. The molecule has 3 atom stereocenters. The minimum Gasteiger partial charge on any atom is -0.343 e. The number of nitrogens with one attached hydrogen (secondary N) is 1. The fraction of sp³-hybridized carbons (Fsp3) is 0.818. The SMILES string of the molecule is CCC[C@@H]1NC(=O)[C@H]2CC(C)CN2C1=O. The Morgan fingerprint density at radius 3 is 2.87 bits per heavy atom. The summed E-state index contributed by atoms with van der Waals surface area (Å²) in [5, 5.41) is 2.83. The molecule has 2 amide bonds. The number of hydrogen-bond donors (Lipinski definition) is 1. The van der Waals surface area contributed by atoms with E-state index in [1.54, 1.807) is 4.90 Å². The molecule has 1 unspecified atom stereocenters. The van der Waals surface area contributed by atoms with Gasteiger partial charge in [0, 0.05) is 6.54 Å². The molecular formula is C11H18N2O2. The van der Waals surface area contributed by atoms with Crippen molar-refractivity contribution in [1.29, 1.82) is 0 Å². The molecule has 0 aromatic heterocycles. The number of carbonyl (C=O) groups is 2. The summed E-state index contributed by atoms with van der Waals surface area (Å²) in [5.41, 5.74) is 0. The second kappa shape index (κ2) is 3.83. The highest BCUT2D eigenvalue weighted by atomic mass is 16.2. The Morgan fingerprint density at radius 2 is 2.20 bits per heavy atom. The van der Waals surface area contributed by atoms with Crippen molar-refractivity contribution < 1.29 is 9.59 Å². The van der Waals surface area contributed by atoms with Gasteiger partial charge in [-0.15, -0.1) is 0 Å². The van der Waals surface area contributed by atoms with Crippen LogP contribution in [0.4, 0.5) is 0 Å². The quantitative estimate of drug-likeness (QED) is 0.722. The molecule has 2 fully saturated rings. The Balaban J connectivity index is 2.13. The van der Waals surface area contributed by atoms with Gasteiger partial charge in [0.25, 0.3) is 0 Å². The molecule has 0 aromatic carbocycles. The summed E-state index contributed by atoms with van der Waals surface area (Å²) >= 11 is 0. The molecule has 0 radical (unpaired) electrons. The molecule has 15 heavy (non-hydrogen) atoms. The second-order valence-corrected chi connectivity index (χ2v) is 4.70. The van der Waals surface area contributed by atoms with Gasteiger partial charge in [0.1, 0.15) is 12.1 Å². The van der Waals surface area contributed by atoms with E-state index in [0.29, 0.717) is 5.92 Å². The summed E-state index contributed by atoms with van der Waals surface area (Å²) in [6.45, 7) is 4.86. The average molecular weight is 210 g/mol. The van der Waals surface area contributed by atoms with Crippen LogP contribution >= 0.6 is 0 Å². The standard InChI is InChI=1S/C11H18N2O2/c1-3-4-8-11(15)13-6-7(2)5-9(13)10(14)12-8/h7-9H,3-6H2,1-2H3,(H,12,14)/t7?,8-,9+/m0/s1. The summed E-state index contributed by atoms with van der Waals surface area (Å²) in [5.74, 6) is 0.605. The third kappa shape index (κ3) is 1.73. The Bertz CT molecular complexity index is 290. The predicted molar refractivity (Wildman–Crippen MR) is 56.1 cm³/mol. The van der Waals surface area contributed by atoms with Crippen LogP contribution in [0.3, 0.4) is 0 Å². The lowest BCUT2D eigenvalue weighted by molar-refractivity contribution is -0.147. The van der Waals surface area contributed by atoms with Crippen molar-refractivity contribution in [2.45, 2.75) is 45.2 Å². The second-order valence-electron chi connectivity index (χ2n) is 4.70. The van der Waals surface area contributed by atoms with Gasteiger partial charge in [-0.3, -0.25) is 9.59 Å². The fourth-order valence-electron chi connectivity index (χ4n) is 2.55. The number of nitrogens with zero attached hydrogens (tertiary/aromatic N) is 1. The molecular weight excluding hydrogens is 192 g/mol. The van der Waals surface area contributed by atoms with Gasteiger partial charge in [0.2, 0.25) is 11.8 Å². The lowest BCUT2D eigenvalue weighted by Gasteiger charge is -2.34. The van der Waals surface area contributed by atoms with Crippen molar-refractivity contribution in [3.05, 3.63) is 0 Å². The van der Waals surface area contributed by atoms with Crippen LogP contribution < -0.4 is 5.32 Å². The molecule has 0 bridgehead atoms. The third-order valence-electron chi connectivity index (χ3n) is 3.29. The van der Waals surface area contributed by atoms with Crippen LogP contribution in [0.15, 0.2) is 0 Å². The Labute approximate surface area is 90.0 Å². The fourth-order valence-corrected chi connectivity index (χ4v) is 2.55. The molecule has 1 N–H and O–H groups in total. The molecule has 2 aliphatic heterocycles. The van der Waals surface area contributed by atoms with Crippen molar-refractivity contribution >= 4 is 11.8 Å². The minimum absolute atomic E-state index is 0.0393. The molecule has 4 nitrogen and oxygen atoms in total. The number of piperazine rings is 1. The van der Waals surface area contributed by atoms with Gasteiger partial charge in [-0.05, 0) is 18.8 Å². The molecule has 0 spiro atoms. The number of hydrogen-bond acceptors (Lipinski definition) is 2. The van der Waals surface area contributed by atoms with Gasteiger partial charge >= 0.3 is 0 Å². The summed E-state index contributed by atoms with van der Waals surface area (Å²) in [6, 6.07) is -0.468. The maximum absolute atomic E-state index is 12.0. The Morgan fingerprint density at radius 1 is 1.47 bits per heavy atom. The maximum atomic E-state index is 12.0. The molecule has 2 aliphatic rings. The van der Waals surface area contributed by atoms with Crippen molar-refractivity contribution in [3.63, 3.8) is 0 Å². The highest BCUT2D eigenvalue weighted by Crippen LogP contribution is 2.27. The van der Waals surface area contributed by atoms with E-state index in [0.717, 1.165) is 25.8 Å². The number of rotatable bonds is 2. The summed E-state index contributed by atoms with van der Waals surface area (Å²) in [7, 11) is 0. The minimum atomic E-state index is -0.274. The van der Waals surface area contributed by atoms with Crippen LogP contribution in [0.5, 0.6) is 0 Å². The Hall–Kier alpha value is -1.06. The zero-order chi connectivity index (χ0) is 11.0. The first-order valence-corrected chi connectivity index (χ1v) is 5.74. The predicted octanol–water partition coefficient (Wildman–Crippen LogP) is 0.522. The van der Waals surface area contributed by atoms with Crippen LogP contribution in [-0.2, 0) is 9.59 Å². The van der Waals surface area contributed by atoms with Crippen molar-refractivity contribution in [1.82, 2.24) is 10.2 Å². The molecule has 0 aromatic rings. The van der Waals surface area contributed by atoms with E-state index < -0.39 is 0 Å². The Kier molecular flexibility index (Phi) is 2.67. The smallest absolute Gasteiger partial charge is 0.245 e. The zero-order valence-corrected chi connectivity index (χ0v) is 9.32. The van der Waals surface area contributed by atoms with Crippen LogP contribution in [-0.4, -0.2) is 35.3 Å². The van der Waals surface area contributed by atoms with Gasteiger partial charge in [0.05, 0.1) is 0 Å². The van der Waals surface area contributed by atoms with E-state index in [-0.39, 0.29) is 23.9 Å². The highest BCUT2D eigenvalue weighted by Gasteiger charge is 2.44. The van der Waals surface area contributed by atoms with E-state index >= 15 is 0 Å². The summed E-state index contributed by atoms with van der Waals surface area (Å²) in [6.07, 6.45) is 2.49. The van der Waals surface area contributed by atoms with Crippen LogP contribution in [0, 0.1) is 5.92 Å². The number of fused-ring (bicyclic) bond motifs is 1. The van der Waals surface area contributed by atoms with E-state index in [9.17, 15) is 9.59 Å². The van der Waals surface area contributed by atoms with Crippen molar-refractivity contribution in [2.75, 3.05) is 6.54 Å². The van der Waals surface area contributed by atoms with E-state index in [4.69, 9.17) is 0 Å². The molecule has 84 valence electrons. The van der Waals surface area contributed by atoms with Gasteiger partial charge in [0.15, 0.2) is 0 Å². The molecule has 2 heterocycles. The van der Waals surface area contributed by atoms with Gasteiger partial charge in [-0.25, -0.2) is 0 Å². The number of carbonyl (C=O) groups excluding carboxylic acids is 2. The molecule has 0 aliphatic carbocycles. The van der Waals surface area contributed by atoms with Gasteiger partial charge in [-0.2, -0.15) is 0 Å². The maximum Gasteiger partial charge on any atom is 0.245 e. The van der Waals surface area contributed by atoms with Crippen LogP contribution in [0.1, 0.15) is 33.1 Å². The third-order valence-corrected chi connectivity index (χ3v) is 3.29. The lowest BCUT2D eigenvalue weighted by atomic mass is 10.0. The molecule has 0 saturated carbocycles. The summed E-state index contributed by atoms with van der Waals surface area (Å²) < 4.78 is 0. The molecule has 4 heteroatoms. The van der Waals surface area contributed by atoms with E-state index in [2.05, 4.69) is 12.2 Å². The first-order chi connectivity index (χ1) is 7.13. The molecule has 2 saturated heterocycles. The lowest BCUT2D eigenvalue weighted by Crippen LogP contribution is -2.60. The zero-order valence-electron chi connectivity index (χ0n) is 9.32. The van der Waals surface area contributed by atoms with Crippen molar-refractivity contribution in [3.8, 4) is 0 Å². The molecule has 2 rings (SSSR count). The normalized spacial score (nSPS) is 35.3. The largest absolute Gasteiger partial charge is 0.343 e. The summed E-state index contributed by atoms with van der Waals surface area (Å²) in [4.78, 5) is 25.5. The first kappa shape index (κ1) is 10.5. The van der Waals surface area contributed by atoms with Gasteiger partial charge < -0.3 is 10.2 Å². The monoisotopic (exact) mass is 210 g/mol. The average Bonchev–Trinajstić information content (AvgIpc) is 2.57. The van der Waals surface area contributed by atoms with Crippen LogP contribution in [0.25, 0.3) is 0 Å². The first-order valence-electron chi connectivity index (χ1n) is 5.74. The highest BCUT2D eigenvalue weighted by molar-refractivity contribution is 5.97. The van der Waals surface area contributed by atoms with Crippen molar-refractivity contribution in [2.24, 2.45) is 5.92 Å². The van der Waals surface area contributed by atoms with Gasteiger partial charge in [-0.1, -0.05) is 20.3 Å². The topological polar surface area (TPSA) is 49.4 Å². The van der Waals surface area contributed by atoms with E-state index in [1.807, 2.05) is 6.92 Å². The van der Waals surface area contributed by atoms with E-state index in [1.165, 1.54) is 0 Å². The van der Waals surface area contributed by atoms with Crippen LogP contribution in [0.2, 0.25) is 0 Å².